The molecule has 1 aromatic carbocycles. The highest BCUT2D eigenvalue weighted by Gasteiger charge is 2.10. The Kier molecular flexibility index (Phi) is 4.78. The molecule has 0 saturated heterocycles. The summed E-state index contributed by atoms with van der Waals surface area (Å²) in [5.41, 5.74) is 1.41. The Hall–Kier alpha value is -1.56. The number of rotatable bonds is 4. The summed E-state index contributed by atoms with van der Waals surface area (Å²) in [5.74, 6) is 0. The zero-order valence-corrected chi connectivity index (χ0v) is 10.1. The average Bonchev–Trinajstić information content (AvgIpc) is 2.29. The molecular weight excluding hydrogens is 270 g/mol. The molecule has 1 N–H and O–H groups in total. The molecule has 0 bridgehead atoms. The lowest BCUT2D eigenvalue weighted by molar-refractivity contribution is 0.282. The first kappa shape index (κ1) is 12.5. The number of anilines is 1. The smallest absolute Gasteiger partial charge is 0.106 e. The number of hydrogen-bond acceptors (Lipinski definition) is 4. The van der Waals surface area contributed by atoms with Gasteiger partial charge in [0, 0.05) is 15.7 Å². The molecule has 0 aliphatic carbocycles. The van der Waals surface area contributed by atoms with Gasteiger partial charge in [0.25, 0.3) is 0 Å². The van der Waals surface area contributed by atoms with Crippen LogP contribution in [0.5, 0.6) is 0 Å². The molecule has 1 aromatic rings. The van der Waals surface area contributed by atoms with Crippen molar-refractivity contribution >= 4 is 21.6 Å². The molecular formula is C11H10BrN3O. The van der Waals surface area contributed by atoms with E-state index in [1.165, 1.54) is 0 Å². The van der Waals surface area contributed by atoms with E-state index in [9.17, 15) is 5.11 Å². The molecule has 0 aromatic heterocycles. The number of aliphatic hydroxyl groups excluding tert-OH is 1. The first-order valence-corrected chi connectivity index (χ1v) is 5.40. The maximum Gasteiger partial charge on any atom is 0.106 e. The van der Waals surface area contributed by atoms with Gasteiger partial charge in [-0.2, -0.15) is 10.5 Å². The minimum absolute atomic E-state index is 0.115. The summed E-state index contributed by atoms with van der Waals surface area (Å²) in [6.45, 7) is 0.129. The molecule has 0 aliphatic rings. The van der Waals surface area contributed by atoms with Gasteiger partial charge in [-0.05, 0) is 12.1 Å². The van der Waals surface area contributed by atoms with Crippen molar-refractivity contribution in [1.82, 2.24) is 0 Å². The summed E-state index contributed by atoms with van der Waals surface area (Å²) in [4.78, 5) is 1.62. The third kappa shape index (κ3) is 2.96. The topological polar surface area (TPSA) is 71.0 Å². The zero-order chi connectivity index (χ0) is 12.0. The summed E-state index contributed by atoms with van der Waals surface area (Å²) in [6, 6.07) is 9.37. The van der Waals surface area contributed by atoms with E-state index in [2.05, 4.69) is 15.9 Å². The van der Waals surface area contributed by atoms with Crippen LogP contribution in [0.25, 0.3) is 0 Å². The van der Waals surface area contributed by atoms with Crippen LogP contribution in [0, 0.1) is 22.7 Å². The van der Waals surface area contributed by atoms with Crippen LogP contribution in [0.1, 0.15) is 5.56 Å². The van der Waals surface area contributed by atoms with E-state index in [0.717, 1.165) is 4.47 Å². The molecule has 0 spiro atoms. The van der Waals surface area contributed by atoms with Crippen molar-refractivity contribution in [1.29, 1.82) is 10.5 Å². The fraction of sp³-hybridized carbons (Fsp3) is 0.273. The number of nitrogens with zero attached hydrogens (tertiary/aromatic N) is 3. The second-order valence-electron chi connectivity index (χ2n) is 3.10. The molecule has 5 heteroatoms. The molecule has 0 amide bonds. The molecule has 0 radical (unpaired) electrons. The van der Waals surface area contributed by atoms with E-state index < -0.39 is 0 Å². The van der Waals surface area contributed by atoms with Gasteiger partial charge in [-0.1, -0.05) is 22.0 Å². The largest absolute Gasteiger partial charge is 0.392 e. The van der Waals surface area contributed by atoms with E-state index in [1.54, 1.807) is 17.0 Å². The highest BCUT2D eigenvalue weighted by atomic mass is 79.9. The van der Waals surface area contributed by atoms with Crippen molar-refractivity contribution in [3.8, 4) is 12.1 Å². The monoisotopic (exact) mass is 279 g/mol. The van der Waals surface area contributed by atoms with Crippen LogP contribution in [0.4, 0.5) is 5.69 Å². The third-order valence-corrected chi connectivity index (χ3v) is 2.57. The van der Waals surface area contributed by atoms with Crippen LogP contribution in [0.2, 0.25) is 0 Å². The van der Waals surface area contributed by atoms with Crippen molar-refractivity contribution < 1.29 is 5.11 Å². The van der Waals surface area contributed by atoms with Crippen molar-refractivity contribution in [3.05, 3.63) is 28.2 Å². The van der Waals surface area contributed by atoms with Gasteiger partial charge in [-0.15, -0.1) is 0 Å². The van der Waals surface area contributed by atoms with E-state index in [4.69, 9.17) is 10.5 Å². The van der Waals surface area contributed by atoms with Gasteiger partial charge >= 0.3 is 0 Å². The Morgan fingerprint density at radius 3 is 2.38 bits per heavy atom. The van der Waals surface area contributed by atoms with Gasteiger partial charge < -0.3 is 10.0 Å². The standard InChI is InChI=1S/C11H10BrN3O/c12-10-2-1-9(8-16)11(7-10)15(5-3-13)6-4-14/h1-2,7,16H,5-6,8H2. The molecule has 0 atom stereocenters. The summed E-state index contributed by atoms with van der Waals surface area (Å²) in [7, 11) is 0. The van der Waals surface area contributed by atoms with E-state index in [-0.39, 0.29) is 19.7 Å². The minimum atomic E-state index is -0.115. The number of nitriles is 2. The normalized spacial score (nSPS) is 9.25. The quantitative estimate of drug-likeness (QED) is 0.853. The van der Waals surface area contributed by atoms with Gasteiger partial charge in [-0.25, -0.2) is 0 Å². The van der Waals surface area contributed by atoms with Crippen LogP contribution < -0.4 is 4.90 Å². The average molecular weight is 280 g/mol. The number of aliphatic hydroxyl groups is 1. The van der Waals surface area contributed by atoms with E-state index in [1.807, 2.05) is 18.2 Å². The van der Waals surface area contributed by atoms with Crippen molar-refractivity contribution in [2.45, 2.75) is 6.61 Å². The van der Waals surface area contributed by atoms with Gasteiger partial charge in [0.2, 0.25) is 0 Å². The molecule has 4 nitrogen and oxygen atoms in total. The maximum atomic E-state index is 9.19. The summed E-state index contributed by atoms with van der Waals surface area (Å²) < 4.78 is 0.848. The maximum absolute atomic E-state index is 9.19. The third-order valence-electron chi connectivity index (χ3n) is 2.08. The van der Waals surface area contributed by atoms with Crippen molar-refractivity contribution in [2.75, 3.05) is 18.0 Å². The molecule has 0 unspecified atom stereocenters. The zero-order valence-electron chi connectivity index (χ0n) is 8.52. The summed E-state index contributed by atoms with van der Waals surface area (Å²) in [5, 5.41) is 26.6. The molecule has 16 heavy (non-hydrogen) atoms. The minimum Gasteiger partial charge on any atom is -0.392 e. The molecule has 0 aliphatic heterocycles. The van der Waals surface area contributed by atoms with Crippen LogP contribution >= 0.6 is 15.9 Å². The van der Waals surface area contributed by atoms with Crippen LogP contribution in [0.15, 0.2) is 22.7 Å². The van der Waals surface area contributed by atoms with Gasteiger partial charge in [-0.3, -0.25) is 0 Å². The molecule has 0 saturated carbocycles. The van der Waals surface area contributed by atoms with E-state index >= 15 is 0 Å². The Balaban J connectivity index is 3.12. The van der Waals surface area contributed by atoms with Crippen LogP contribution in [-0.2, 0) is 6.61 Å². The number of halogens is 1. The van der Waals surface area contributed by atoms with E-state index in [0.29, 0.717) is 11.3 Å². The first-order chi connectivity index (χ1) is 7.72. The second kappa shape index (κ2) is 6.12. The highest BCUT2D eigenvalue weighted by Crippen LogP contribution is 2.25. The highest BCUT2D eigenvalue weighted by molar-refractivity contribution is 9.10. The Morgan fingerprint density at radius 1 is 1.25 bits per heavy atom. The Morgan fingerprint density at radius 2 is 1.88 bits per heavy atom. The fourth-order valence-electron chi connectivity index (χ4n) is 1.36. The SMILES string of the molecule is N#CCN(CC#N)c1cc(Br)ccc1CO. The summed E-state index contributed by atoms with van der Waals surface area (Å²) in [6.07, 6.45) is 0. The van der Waals surface area contributed by atoms with Gasteiger partial charge in [0.05, 0.1) is 18.7 Å². The van der Waals surface area contributed by atoms with Crippen LogP contribution in [-0.4, -0.2) is 18.2 Å². The van der Waals surface area contributed by atoms with Crippen molar-refractivity contribution in [3.63, 3.8) is 0 Å². The number of hydrogen-bond donors (Lipinski definition) is 1. The number of benzene rings is 1. The lowest BCUT2D eigenvalue weighted by Crippen LogP contribution is -2.25. The molecule has 1 rings (SSSR count). The first-order valence-electron chi connectivity index (χ1n) is 4.61. The van der Waals surface area contributed by atoms with Gasteiger partial charge in [0.15, 0.2) is 0 Å². The second-order valence-corrected chi connectivity index (χ2v) is 4.02. The summed E-state index contributed by atoms with van der Waals surface area (Å²) >= 11 is 3.32. The van der Waals surface area contributed by atoms with Gasteiger partial charge in [0.1, 0.15) is 13.1 Å². The molecule has 0 heterocycles. The Bertz CT molecular complexity index is 432. The predicted octanol–water partition coefficient (Wildman–Crippen LogP) is 1.79. The fourth-order valence-corrected chi connectivity index (χ4v) is 1.71. The molecule has 0 fully saturated rings. The van der Waals surface area contributed by atoms with Crippen LogP contribution in [0.3, 0.4) is 0 Å². The Labute approximate surface area is 102 Å². The molecule has 82 valence electrons. The lowest BCUT2D eigenvalue weighted by atomic mass is 10.1. The van der Waals surface area contributed by atoms with Crippen molar-refractivity contribution in [2.24, 2.45) is 0 Å². The predicted molar refractivity (Wildman–Crippen MR) is 63.5 cm³/mol. The lowest BCUT2D eigenvalue weighted by Gasteiger charge is -2.21.